The van der Waals surface area contributed by atoms with Crippen molar-refractivity contribution in [3.63, 3.8) is 0 Å². The molecule has 0 aliphatic heterocycles. The second kappa shape index (κ2) is 2.23. The van der Waals surface area contributed by atoms with Crippen molar-refractivity contribution >= 4 is 5.97 Å². The van der Waals surface area contributed by atoms with E-state index in [9.17, 15) is 4.79 Å². The molecular weight excluding hydrogens is 140 g/mol. The van der Waals surface area contributed by atoms with Gasteiger partial charge in [-0.3, -0.25) is 4.79 Å². The molecule has 1 atom stereocenters. The number of hydrogen-bond acceptors (Lipinski definition) is 1. The first kappa shape index (κ1) is 7.14. The van der Waals surface area contributed by atoms with Crippen LogP contribution in [0.1, 0.15) is 38.5 Å². The molecular formula is C9H14O2. The summed E-state index contributed by atoms with van der Waals surface area (Å²) in [4.78, 5) is 10.7. The Balaban J connectivity index is 1.98. The second-order valence-corrected chi connectivity index (χ2v) is 4.13. The highest BCUT2D eigenvalue weighted by molar-refractivity contribution is 5.70. The number of carbonyl (C=O) groups is 1. The minimum atomic E-state index is -0.573. The van der Waals surface area contributed by atoms with Crippen LogP contribution in [0.15, 0.2) is 0 Å². The van der Waals surface area contributed by atoms with Gasteiger partial charge in [0.25, 0.3) is 0 Å². The molecule has 2 nitrogen and oxygen atoms in total. The lowest BCUT2D eigenvalue weighted by atomic mass is 9.79. The Morgan fingerprint density at radius 3 is 2.64 bits per heavy atom. The van der Waals surface area contributed by atoms with Gasteiger partial charge in [-0.25, -0.2) is 0 Å². The Labute approximate surface area is 66.6 Å². The molecule has 0 aromatic carbocycles. The highest BCUT2D eigenvalue weighted by Gasteiger charge is 2.47. The summed E-state index contributed by atoms with van der Waals surface area (Å²) in [6.45, 7) is 0. The van der Waals surface area contributed by atoms with Crippen LogP contribution in [0, 0.1) is 11.3 Å². The number of carboxylic acid groups (broad SMARTS) is 1. The Bertz CT molecular complexity index is 182. The fraction of sp³-hybridized carbons (Fsp3) is 0.889. The molecule has 2 fully saturated rings. The van der Waals surface area contributed by atoms with Gasteiger partial charge in [0.15, 0.2) is 0 Å². The predicted octanol–water partition coefficient (Wildman–Crippen LogP) is 2.04. The van der Waals surface area contributed by atoms with Crippen LogP contribution >= 0.6 is 0 Å². The lowest BCUT2D eigenvalue weighted by Gasteiger charge is -2.25. The maximum atomic E-state index is 10.7. The van der Waals surface area contributed by atoms with Crippen LogP contribution in [0.5, 0.6) is 0 Å². The fourth-order valence-electron chi connectivity index (χ4n) is 2.29. The number of aliphatic carboxylic acids is 1. The van der Waals surface area contributed by atoms with Crippen LogP contribution in [0.3, 0.4) is 0 Å². The third-order valence-electron chi connectivity index (χ3n) is 3.25. The van der Waals surface area contributed by atoms with Crippen molar-refractivity contribution in [2.75, 3.05) is 0 Å². The molecule has 1 N–H and O–H groups in total. The molecule has 2 aliphatic carbocycles. The number of hydrogen-bond donors (Lipinski definition) is 1. The minimum Gasteiger partial charge on any atom is -0.481 e. The molecule has 2 rings (SSSR count). The van der Waals surface area contributed by atoms with Gasteiger partial charge in [0.05, 0.1) is 5.92 Å². The van der Waals surface area contributed by atoms with E-state index in [1.165, 1.54) is 19.3 Å². The fourth-order valence-corrected chi connectivity index (χ4v) is 2.29. The largest absolute Gasteiger partial charge is 0.481 e. The third-order valence-corrected chi connectivity index (χ3v) is 3.25. The molecule has 11 heavy (non-hydrogen) atoms. The molecule has 0 bridgehead atoms. The molecule has 1 spiro atoms. The van der Waals surface area contributed by atoms with Crippen LogP contribution in [0.4, 0.5) is 0 Å². The van der Waals surface area contributed by atoms with Crippen LogP contribution < -0.4 is 0 Å². The monoisotopic (exact) mass is 154 g/mol. The van der Waals surface area contributed by atoms with Gasteiger partial charge in [-0.15, -0.1) is 0 Å². The summed E-state index contributed by atoms with van der Waals surface area (Å²) in [5.74, 6) is -0.595. The SMILES string of the molecule is O=C(O)[C@H]1CCCC2(CC2)C1. The standard InChI is InChI=1S/C9H14O2/c10-8(11)7-2-1-3-9(6-7)4-5-9/h7H,1-6H2,(H,10,11)/t7-/m0/s1. The Hall–Kier alpha value is -0.530. The van der Waals surface area contributed by atoms with Crippen molar-refractivity contribution in [3.8, 4) is 0 Å². The summed E-state index contributed by atoms with van der Waals surface area (Å²) in [6, 6.07) is 0. The van der Waals surface area contributed by atoms with Crippen molar-refractivity contribution in [3.05, 3.63) is 0 Å². The normalized spacial score (nSPS) is 33.6. The summed E-state index contributed by atoms with van der Waals surface area (Å²) >= 11 is 0. The predicted molar refractivity (Wildman–Crippen MR) is 41.3 cm³/mol. The van der Waals surface area contributed by atoms with E-state index in [2.05, 4.69) is 0 Å². The maximum Gasteiger partial charge on any atom is 0.306 e. The van der Waals surface area contributed by atoms with Gasteiger partial charge in [-0.2, -0.15) is 0 Å². The molecule has 0 unspecified atom stereocenters. The van der Waals surface area contributed by atoms with E-state index < -0.39 is 5.97 Å². The number of rotatable bonds is 1. The third kappa shape index (κ3) is 1.26. The Morgan fingerprint density at radius 2 is 2.09 bits per heavy atom. The van der Waals surface area contributed by atoms with Crippen molar-refractivity contribution in [2.24, 2.45) is 11.3 Å². The Kier molecular flexibility index (Phi) is 1.44. The van der Waals surface area contributed by atoms with Gasteiger partial charge in [0, 0.05) is 0 Å². The van der Waals surface area contributed by atoms with Gasteiger partial charge in [-0.1, -0.05) is 6.42 Å². The van der Waals surface area contributed by atoms with E-state index >= 15 is 0 Å². The summed E-state index contributed by atoms with van der Waals surface area (Å²) in [5, 5.41) is 8.80. The highest BCUT2D eigenvalue weighted by Crippen LogP contribution is 2.57. The first-order valence-corrected chi connectivity index (χ1v) is 4.45. The summed E-state index contributed by atoms with van der Waals surface area (Å²) < 4.78 is 0. The highest BCUT2D eigenvalue weighted by atomic mass is 16.4. The van der Waals surface area contributed by atoms with E-state index in [-0.39, 0.29) is 5.92 Å². The van der Waals surface area contributed by atoms with Gasteiger partial charge in [0.2, 0.25) is 0 Å². The van der Waals surface area contributed by atoms with Crippen LogP contribution in [-0.2, 0) is 4.79 Å². The van der Waals surface area contributed by atoms with Crippen LogP contribution in [0.2, 0.25) is 0 Å². The van der Waals surface area contributed by atoms with Gasteiger partial charge < -0.3 is 5.11 Å². The summed E-state index contributed by atoms with van der Waals surface area (Å²) in [5.41, 5.74) is 0.501. The van der Waals surface area contributed by atoms with Gasteiger partial charge >= 0.3 is 5.97 Å². The second-order valence-electron chi connectivity index (χ2n) is 4.13. The van der Waals surface area contributed by atoms with E-state index in [4.69, 9.17) is 5.11 Å². The van der Waals surface area contributed by atoms with Crippen molar-refractivity contribution in [1.82, 2.24) is 0 Å². The lowest BCUT2D eigenvalue weighted by molar-refractivity contribution is -0.143. The average molecular weight is 154 g/mol. The molecule has 0 radical (unpaired) electrons. The summed E-state index contributed by atoms with van der Waals surface area (Å²) in [7, 11) is 0. The topological polar surface area (TPSA) is 37.3 Å². The maximum absolute atomic E-state index is 10.7. The molecule has 0 saturated heterocycles. The van der Waals surface area contributed by atoms with E-state index in [0.717, 1.165) is 19.3 Å². The Morgan fingerprint density at radius 1 is 1.36 bits per heavy atom. The summed E-state index contributed by atoms with van der Waals surface area (Å²) in [6.07, 6.45) is 6.88. The molecule has 2 aliphatic rings. The van der Waals surface area contributed by atoms with E-state index in [1.807, 2.05) is 0 Å². The first-order chi connectivity index (χ1) is 5.22. The van der Waals surface area contributed by atoms with Crippen molar-refractivity contribution in [1.29, 1.82) is 0 Å². The zero-order valence-corrected chi connectivity index (χ0v) is 6.68. The number of carboxylic acids is 1. The van der Waals surface area contributed by atoms with Gasteiger partial charge in [-0.05, 0) is 37.5 Å². The molecule has 0 amide bonds. The molecule has 62 valence electrons. The smallest absolute Gasteiger partial charge is 0.306 e. The quantitative estimate of drug-likeness (QED) is 0.627. The average Bonchev–Trinajstić information content (AvgIpc) is 2.69. The molecule has 0 aromatic heterocycles. The van der Waals surface area contributed by atoms with Crippen molar-refractivity contribution < 1.29 is 9.90 Å². The van der Waals surface area contributed by atoms with Crippen molar-refractivity contribution in [2.45, 2.75) is 38.5 Å². The molecule has 0 heterocycles. The van der Waals surface area contributed by atoms with Crippen LogP contribution in [0.25, 0.3) is 0 Å². The lowest BCUT2D eigenvalue weighted by Crippen LogP contribution is -2.23. The zero-order chi connectivity index (χ0) is 7.90. The van der Waals surface area contributed by atoms with Crippen LogP contribution in [-0.4, -0.2) is 11.1 Å². The van der Waals surface area contributed by atoms with E-state index in [1.54, 1.807) is 0 Å². The molecule has 0 aromatic rings. The molecule has 2 saturated carbocycles. The molecule has 2 heteroatoms. The first-order valence-electron chi connectivity index (χ1n) is 4.45. The van der Waals surface area contributed by atoms with E-state index in [0.29, 0.717) is 5.41 Å². The zero-order valence-electron chi connectivity index (χ0n) is 6.68. The van der Waals surface area contributed by atoms with Gasteiger partial charge in [0.1, 0.15) is 0 Å². The minimum absolute atomic E-state index is 0.0220.